The molecule has 0 unspecified atom stereocenters. The fourth-order valence-corrected chi connectivity index (χ4v) is 6.10. The Labute approximate surface area is 104 Å². The fraction of sp³-hybridized carbons (Fsp3) is 0.750. The summed E-state index contributed by atoms with van der Waals surface area (Å²) >= 11 is 0. The van der Waals surface area contributed by atoms with Gasteiger partial charge >= 0.3 is 104 Å². The van der Waals surface area contributed by atoms with Crippen molar-refractivity contribution in [1.29, 1.82) is 15.8 Å². The molecule has 17 heavy (non-hydrogen) atoms. The molecule has 0 heterocycles. The minimum atomic E-state index is -1.67. The number of hydrogen-bond acceptors (Lipinski definition) is 4. The van der Waals surface area contributed by atoms with Crippen LogP contribution in [-0.4, -0.2) is 38.4 Å². The van der Waals surface area contributed by atoms with Gasteiger partial charge in [0.05, 0.1) is 0 Å². The SMILES string of the molecule is COCC[PH](CCC#N)(CCC#N)CCC#N. The number of nitrogens with zero attached hydrogens (tertiary/aromatic N) is 3. The Morgan fingerprint density at radius 3 is 1.53 bits per heavy atom. The summed E-state index contributed by atoms with van der Waals surface area (Å²) in [7, 11) is -0.00719. The van der Waals surface area contributed by atoms with E-state index in [0.717, 1.165) is 24.6 Å². The van der Waals surface area contributed by atoms with E-state index in [4.69, 9.17) is 20.5 Å². The van der Waals surface area contributed by atoms with Crippen LogP contribution in [0.25, 0.3) is 0 Å². The van der Waals surface area contributed by atoms with Gasteiger partial charge in [0.1, 0.15) is 0 Å². The van der Waals surface area contributed by atoms with Gasteiger partial charge in [0.25, 0.3) is 0 Å². The Morgan fingerprint density at radius 2 is 1.24 bits per heavy atom. The summed E-state index contributed by atoms with van der Waals surface area (Å²) in [6.45, 7) is 0.675. The van der Waals surface area contributed by atoms with Crippen molar-refractivity contribution in [2.75, 3.05) is 38.4 Å². The Morgan fingerprint density at radius 1 is 0.824 bits per heavy atom. The predicted molar refractivity (Wildman–Crippen MR) is 70.3 cm³/mol. The maximum atomic E-state index is 8.72. The van der Waals surface area contributed by atoms with Crippen LogP contribution < -0.4 is 0 Å². The predicted octanol–water partition coefficient (Wildman–Crippen LogP) is 2.12. The van der Waals surface area contributed by atoms with Crippen LogP contribution in [0.4, 0.5) is 0 Å². The average molecular weight is 253 g/mol. The van der Waals surface area contributed by atoms with Crippen molar-refractivity contribution < 1.29 is 4.74 Å². The van der Waals surface area contributed by atoms with Crippen LogP contribution in [0.3, 0.4) is 0 Å². The minimum absolute atomic E-state index is 0.535. The van der Waals surface area contributed by atoms with Crippen LogP contribution in [0, 0.1) is 34.0 Å². The van der Waals surface area contributed by atoms with Crippen LogP contribution >= 0.6 is 7.26 Å². The monoisotopic (exact) mass is 253 g/mol. The van der Waals surface area contributed by atoms with E-state index >= 15 is 0 Å². The summed E-state index contributed by atoms with van der Waals surface area (Å²) in [4.78, 5) is 0. The molecule has 4 nitrogen and oxygen atoms in total. The van der Waals surface area contributed by atoms with Gasteiger partial charge in [0, 0.05) is 0 Å². The van der Waals surface area contributed by atoms with Crippen molar-refractivity contribution in [3.63, 3.8) is 0 Å². The van der Waals surface area contributed by atoms with E-state index < -0.39 is 7.26 Å². The van der Waals surface area contributed by atoms with Gasteiger partial charge in [-0.15, -0.1) is 0 Å². The molecule has 0 bridgehead atoms. The summed E-state index contributed by atoms with van der Waals surface area (Å²) in [5.74, 6) is 0. The van der Waals surface area contributed by atoms with E-state index in [1.165, 1.54) is 0 Å². The molecule has 0 atom stereocenters. The van der Waals surface area contributed by atoms with Crippen LogP contribution in [-0.2, 0) is 4.74 Å². The third kappa shape index (κ3) is 6.91. The van der Waals surface area contributed by atoms with Crippen LogP contribution in [0.5, 0.6) is 0 Å². The van der Waals surface area contributed by atoms with E-state index in [-0.39, 0.29) is 0 Å². The molecule has 0 spiro atoms. The zero-order chi connectivity index (χ0) is 13.0. The van der Waals surface area contributed by atoms with Gasteiger partial charge in [-0.3, -0.25) is 0 Å². The third-order valence-electron chi connectivity index (χ3n) is 3.14. The molecular weight excluding hydrogens is 233 g/mol. The molecule has 0 radical (unpaired) electrons. The molecule has 5 heteroatoms. The first-order valence-corrected chi connectivity index (χ1v) is 8.67. The zero-order valence-electron chi connectivity index (χ0n) is 10.4. The van der Waals surface area contributed by atoms with Gasteiger partial charge in [-0.2, -0.15) is 0 Å². The third-order valence-corrected chi connectivity index (χ3v) is 8.33. The molecular formula is C12H20N3OP. The number of methoxy groups -OCH3 is 1. The number of nitriles is 3. The normalized spacial score (nSPS) is 11.2. The molecule has 0 aliphatic carbocycles. The topological polar surface area (TPSA) is 80.6 Å². The van der Waals surface area contributed by atoms with E-state index in [1.807, 2.05) is 0 Å². The number of ether oxygens (including phenoxy) is 1. The van der Waals surface area contributed by atoms with Crippen molar-refractivity contribution in [2.45, 2.75) is 19.3 Å². The number of rotatable bonds is 9. The van der Waals surface area contributed by atoms with Crippen molar-refractivity contribution in [3.05, 3.63) is 0 Å². The number of hydrogen-bond donors (Lipinski definition) is 0. The summed E-state index contributed by atoms with van der Waals surface area (Å²) in [5, 5.41) is 26.2. The molecule has 0 aliphatic rings. The van der Waals surface area contributed by atoms with Crippen molar-refractivity contribution in [1.82, 2.24) is 0 Å². The van der Waals surface area contributed by atoms with Gasteiger partial charge in [0.15, 0.2) is 0 Å². The van der Waals surface area contributed by atoms with E-state index in [1.54, 1.807) is 7.11 Å². The van der Waals surface area contributed by atoms with E-state index in [0.29, 0.717) is 25.9 Å². The molecule has 94 valence electrons. The fourth-order valence-electron chi connectivity index (χ4n) is 2.03. The van der Waals surface area contributed by atoms with Gasteiger partial charge < -0.3 is 0 Å². The Balaban J connectivity index is 4.60. The molecule has 0 saturated heterocycles. The second-order valence-electron chi connectivity index (χ2n) is 4.22. The quantitative estimate of drug-likeness (QED) is 0.589. The standard InChI is InChI=1S/C12H20N3OP/c1-16-8-12-17(9-2-5-13,10-3-6-14)11-4-7-15/h17H,2-4,8-12H2,1H3. The molecule has 0 aromatic heterocycles. The van der Waals surface area contributed by atoms with E-state index in [2.05, 4.69) is 18.2 Å². The zero-order valence-corrected chi connectivity index (χ0v) is 11.4. The summed E-state index contributed by atoms with van der Waals surface area (Å²) < 4.78 is 5.12. The van der Waals surface area contributed by atoms with Crippen molar-refractivity contribution in [3.8, 4) is 18.2 Å². The first kappa shape index (κ1) is 15.9. The Bertz CT molecular complexity index is 279. The second-order valence-corrected chi connectivity index (χ2v) is 9.22. The van der Waals surface area contributed by atoms with Crippen molar-refractivity contribution >= 4 is 7.26 Å². The van der Waals surface area contributed by atoms with Gasteiger partial charge in [-0.05, 0) is 0 Å². The molecule has 0 aliphatic heterocycles. The van der Waals surface area contributed by atoms with E-state index in [9.17, 15) is 0 Å². The molecule has 0 amide bonds. The Hall–Kier alpha value is -1.14. The van der Waals surface area contributed by atoms with Gasteiger partial charge in [-0.25, -0.2) is 0 Å². The summed E-state index contributed by atoms with van der Waals surface area (Å²) in [6.07, 6.45) is 5.21. The average Bonchev–Trinajstić information content (AvgIpc) is 2.37. The first-order chi connectivity index (χ1) is 8.24. The molecule has 0 N–H and O–H groups in total. The molecule has 0 saturated carbocycles. The molecule has 0 fully saturated rings. The first-order valence-electron chi connectivity index (χ1n) is 5.84. The summed E-state index contributed by atoms with van der Waals surface area (Å²) in [5.41, 5.74) is 0. The van der Waals surface area contributed by atoms with Crippen LogP contribution in [0.1, 0.15) is 19.3 Å². The van der Waals surface area contributed by atoms with Crippen LogP contribution in [0.15, 0.2) is 0 Å². The molecule has 0 rings (SSSR count). The Kier molecular flexibility index (Phi) is 9.37. The second kappa shape index (κ2) is 10.0. The van der Waals surface area contributed by atoms with Crippen LogP contribution in [0.2, 0.25) is 0 Å². The van der Waals surface area contributed by atoms with Gasteiger partial charge in [-0.1, -0.05) is 0 Å². The van der Waals surface area contributed by atoms with Crippen molar-refractivity contribution in [2.24, 2.45) is 0 Å². The van der Waals surface area contributed by atoms with Gasteiger partial charge in [0.2, 0.25) is 0 Å². The summed E-state index contributed by atoms with van der Waals surface area (Å²) in [6, 6.07) is 6.54. The molecule has 0 aromatic carbocycles. The molecule has 0 aromatic rings. The maximum absolute atomic E-state index is 8.72.